The number of nitrogens with zero attached hydrogens (tertiary/aromatic N) is 2. The van der Waals surface area contributed by atoms with E-state index in [1.54, 1.807) is 0 Å². The number of rotatable bonds is 10. The molecule has 0 bridgehead atoms. The number of phenols is 2. The Hall–Kier alpha value is -6.32. The Balaban J connectivity index is 1.31. The smallest absolute Gasteiger partial charge is 0.296 e. The number of sulfonamides is 2. The van der Waals surface area contributed by atoms with Crippen molar-refractivity contribution in [1.29, 1.82) is 0 Å². The van der Waals surface area contributed by atoms with Gasteiger partial charge in [0, 0.05) is 22.5 Å². The molecule has 4 aromatic rings. The van der Waals surface area contributed by atoms with Crippen LogP contribution in [0, 0.1) is 0 Å². The number of nitrogens with two attached hydrogens (primary N) is 2. The Bertz CT molecular complexity index is 2850. The molecule has 0 saturated carbocycles. The maximum Gasteiger partial charge on any atom is 0.296 e. The fourth-order valence-corrected chi connectivity index (χ4v) is 7.80. The molecule has 0 spiro atoms. The predicted molar refractivity (Wildman–Crippen MR) is 205 cm³/mol. The number of allylic oxidation sites excluding steroid dienone is 2. The van der Waals surface area contributed by atoms with Crippen LogP contribution in [0.1, 0.15) is 31.8 Å². The van der Waals surface area contributed by atoms with Crippen molar-refractivity contribution < 1.29 is 62.6 Å². The van der Waals surface area contributed by atoms with Crippen molar-refractivity contribution in [2.45, 2.75) is 9.79 Å². The summed E-state index contributed by atoms with van der Waals surface area (Å²) in [6.45, 7) is 0. The van der Waals surface area contributed by atoms with E-state index in [1.165, 1.54) is 36.4 Å². The molecule has 6 rings (SSSR count). The average molecular weight is 860 g/mol. The second-order valence-electron chi connectivity index (χ2n) is 11.9. The van der Waals surface area contributed by atoms with Crippen LogP contribution in [0.15, 0.2) is 103 Å². The topological polar surface area (TPSA) is 364 Å². The molecule has 4 aromatic carbocycles. The zero-order chi connectivity index (χ0) is 41.8. The number of phenolic OH excluding ortho intramolecular Hbond substituents is 2. The van der Waals surface area contributed by atoms with Crippen molar-refractivity contribution in [2.75, 3.05) is 16.2 Å². The molecule has 25 heteroatoms. The van der Waals surface area contributed by atoms with Gasteiger partial charge in [-0.1, -0.05) is 0 Å². The van der Waals surface area contributed by atoms with E-state index in [0.717, 1.165) is 48.6 Å². The maximum absolute atomic E-state index is 13.5. The highest BCUT2D eigenvalue weighted by Gasteiger charge is 2.35. The molecule has 0 fully saturated rings. The van der Waals surface area contributed by atoms with E-state index in [9.17, 15) is 62.6 Å². The number of hydrazone groups is 2. The lowest BCUT2D eigenvalue weighted by Gasteiger charge is -2.19. The minimum atomic E-state index is -5.13. The van der Waals surface area contributed by atoms with Gasteiger partial charge < -0.3 is 15.5 Å². The summed E-state index contributed by atoms with van der Waals surface area (Å²) >= 11 is 0. The van der Waals surface area contributed by atoms with Crippen LogP contribution in [0.4, 0.5) is 22.7 Å². The molecule has 0 aliphatic heterocycles. The van der Waals surface area contributed by atoms with Crippen molar-refractivity contribution >= 4 is 98.2 Å². The number of carbonyl (C=O) groups is 2. The Kier molecular flexibility index (Phi) is 10.1. The minimum absolute atomic E-state index is 0.0219. The summed E-state index contributed by atoms with van der Waals surface area (Å²) < 4.78 is 116. The predicted octanol–water partition coefficient (Wildman–Crippen LogP) is 1.92. The first-order valence-electron chi connectivity index (χ1n) is 15.3. The number of hydrogen-bond donors (Lipinski definition) is 9. The lowest BCUT2D eigenvalue weighted by atomic mass is 9.93. The van der Waals surface area contributed by atoms with E-state index in [2.05, 4.69) is 26.4 Å². The summed E-state index contributed by atoms with van der Waals surface area (Å²) in [5.74, 6) is -3.10. The molecule has 0 amide bonds. The fourth-order valence-electron chi connectivity index (χ4n) is 5.40. The highest BCUT2D eigenvalue weighted by atomic mass is 32.2. The van der Waals surface area contributed by atoms with E-state index in [4.69, 9.17) is 10.3 Å². The maximum atomic E-state index is 13.5. The molecular weight excluding hydrogens is 835 g/mol. The molecule has 21 nitrogen and oxygen atoms in total. The van der Waals surface area contributed by atoms with Crippen molar-refractivity contribution in [3.05, 3.63) is 105 Å². The van der Waals surface area contributed by atoms with E-state index in [1.807, 2.05) is 0 Å². The summed E-state index contributed by atoms with van der Waals surface area (Å²) in [5, 5.41) is 40.9. The Morgan fingerprint density at radius 3 is 1.23 bits per heavy atom. The number of anilines is 4. The van der Waals surface area contributed by atoms with E-state index >= 15 is 0 Å². The second kappa shape index (κ2) is 14.3. The highest BCUT2D eigenvalue weighted by Crippen LogP contribution is 2.33. The van der Waals surface area contributed by atoms with Crippen LogP contribution in [-0.2, 0) is 40.3 Å². The van der Waals surface area contributed by atoms with Crippen LogP contribution in [0.5, 0.6) is 11.5 Å². The van der Waals surface area contributed by atoms with Gasteiger partial charge in [-0.25, -0.2) is 27.1 Å². The third-order valence-electron chi connectivity index (χ3n) is 8.08. The first-order chi connectivity index (χ1) is 26.4. The van der Waals surface area contributed by atoms with Gasteiger partial charge in [-0.05, 0) is 96.1 Å². The van der Waals surface area contributed by atoms with Crippen molar-refractivity contribution in [3.8, 4) is 11.5 Å². The lowest BCUT2D eigenvalue weighted by Crippen LogP contribution is -2.27. The first kappa shape index (κ1) is 40.3. The number of fused-ring (bicyclic) bond motifs is 2. The van der Waals surface area contributed by atoms with Gasteiger partial charge >= 0.3 is 0 Å². The standard InChI is InChI=1S/C32H25N7O14S4/c33-54(44,45)19-3-7-25(40)23(13-19)36-38-29-27(56(48,49)50)11-15-9-17(1-5-21(15)31(29)42)35-18-2-6-22-16(10-18)12-28(57(51,52)53)30(32(22)43)39-37-24-14-20(55(34,46)47)4-8-26(24)41/h1-14,35-37,40-41H,(H2,33,44,45)(H2,34,46,47)(H,48,49,50)(H,51,52,53). The number of primary sulfonamides is 2. The number of Topliss-reactive ketones (excluding diaryl/α,β-unsaturated/α-hetero) is 2. The number of carbonyl (C=O) groups excluding carboxylic acids is 2. The van der Waals surface area contributed by atoms with Gasteiger partial charge in [-0.15, -0.1) is 0 Å². The van der Waals surface area contributed by atoms with Crippen molar-refractivity contribution in [1.82, 2.24) is 0 Å². The molecule has 0 saturated heterocycles. The molecular formula is C32H25N7O14S4. The minimum Gasteiger partial charge on any atom is -0.506 e. The van der Waals surface area contributed by atoms with Gasteiger partial charge in [0.1, 0.15) is 21.3 Å². The van der Waals surface area contributed by atoms with Gasteiger partial charge in [0.05, 0.1) is 21.2 Å². The normalized spacial score (nSPS) is 16.1. The Morgan fingerprint density at radius 1 is 0.526 bits per heavy atom. The molecule has 2 aliphatic rings. The summed E-state index contributed by atoms with van der Waals surface area (Å²) in [4.78, 5) is 24.1. The number of aromatic hydroxyl groups is 2. The van der Waals surface area contributed by atoms with E-state index in [-0.39, 0.29) is 45.0 Å². The summed E-state index contributed by atoms with van der Waals surface area (Å²) in [6, 6.07) is 13.6. The van der Waals surface area contributed by atoms with Crippen LogP contribution in [-0.4, -0.2) is 76.0 Å². The summed E-state index contributed by atoms with van der Waals surface area (Å²) in [7, 11) is -18.7. The lowest BCUT2D eigenvalue weighted by molar-refractivity contribution is 0.105. The zero-order valence-electron chi connectivity index (χ0n) is 28.1. The van der Waals surface area contributed by atoms with Crippen molar-refractivity contribution in [2.24, 2.45) is 20.5 Å². The van der Waals surface area contributed by atoms with Gasteiger partial charge in [-0.3, -0.25) is 29.5 Å². The average Bonchev–Trinajstić information content (AvgIpc) is 3.10. The quantitative estimate of drug-likeness (QED) is 0.0625. The van der Waals surface area contributed by atoms with Gasteiger partial charge in [0.2, 0.25) is 31.6 Å². The Morgan fingerprint density at radius 2 is 0.895 bits per heavy atom. The number of benzene rings is 4. The Labute approximate surface area is 322 Å². The van der Waals surface area contributed by atoms with Crippen LogP contribution < -0.4 is 26.4 Å². The molecule has 0 heterocycles. The first-order valence-corrected chi connectivity index (χ1v) is 21.3. The van der Waals surface area contributed by atoms with Gasteiger partial charge in [-0.2, -0.15) is 27.0 Å². The second-order valence-corrected chi connectivity index (χ2v) is 17.8. The molecule has 0 atom stereocenters. The third-order valence-corrected chi connectivity index (χ3v) is 11.6. The molecule has 11 N–H and O–H groups in total. The fraction of sp³-hybridized carbons (Fsp3) is 0. The SMILES string of the molecule is NS(=O)(=O)c1ccc(O)c(NN=C2C(=O)c3ccc(Nc4ccc5c(c4)C=C(S(=O)(=O)O)C(=NNc4cc(S(N)(=O)=O)ccc4O)C5=O)cc3C=C2S(=O)(=O)O)c1. The largest absolute Gasteiger partial charge is 0.506 e. The summed E-state index contributed by atoms with van der Waals surface area (Å²) in [6.07, 6.45) is 1.84. The monoisotopic (exact) mass is 859 g/mol. The molecule has 0 radical (unpaired) electrons. The van der Waals surface area contributed by atoms with Crippen LogP contribution in [0.2, 0.25) is 0 Å². The van der Waals surface area contributed by atoms with Crippen molar-refractivity contribution in [3.63, 3.8) is 0 Å². The highest BCUT2D eigenvalue weighted by molar-refractivity contribution is 7.91. The van der Waals surface area contributed by atoms with Crippen LogP contribution in [0.3, 0.4) is 0 Å². The third kappa shape index (κ3) is 8.44. The number of hydrogen-bond acceptors (Lipinski definition) is 17. The molecule has 57 heavy (non-hydrogen) atoms. The van der Waals surface area contributed by atoms with E-state index in [0.29, 0.717) is 0 Å². The number of ketones is 2. The van der Waals surface area contributed by atoms with Crippen LogP contribution >= 0.6 is 0 Å². The molecule has 296 valence electrons. The van der Waals surface area contributed by atoms with Crippen LogP contribution in [0.25, 0.3) is 12.2 Å². The number of nitrogens with one attached hydrogen (secondary N) is 3. The molecule has 0 aromatic heterocycles. The molecule has 2 aliphatic carbocycles. The van der Waals surface area contributed by atoms with E-state index < -0.39 is 94.4 Å². The zero-order valence-corrected chi connectivity index (χ0v) is 31.4. The summed E-state index contributed by atoms with van der Waals surface area (Å²) in [5.41, 5.74) is 2.21. The molecule has 0 unspecified atom stereocenters. The van der Waals surface area contributed by atoms with Gasteiger partial charge in [0.25, 0.3) is 20.2 Å². The van der Waals surface area contributed by atoms with Gasteiger partial charge in [0.15, 0.2) is 11.4 Å².